The number of nitrogens with one attached hydrogen (secondary N) is 1. The molecule has 6 nitrogen and oxygen atoms in total. The van der Waals surface area contributed by atoms with Crippen molar-refractivity contribution in [3.63, 3.8) is 0 Å². The summed E-state index contributed by atoms with van der Waals surface area (Å²) in [4.78, 5) is 2.41. The molecule has 1 saturated heterocycles. The lowest BCUT2D eigenvalue weighted by atomic mass is 10.4. The third kappa shape index (κ3) is 1.98. The summed E-state index contributed by atoms with van der Waals surface area (Å²) in [7, 11) is -1.37. The molecule has 0 radical (unpaired) electrons. The minimum atomic E-state index is -3.36. The van der Waals surface area contributed by atoms with Gasteiger partial charge in [0.05, 0.1) is 11.9 Å². The Hall–Kier alpha value is -0.920. The minimum Gasteiger partial charge on any atom is -0.304 e. The van der Waals surface area contributed by atoms with Gasteiger partial charge in [0, 0.05) is 26.2 Å². The van der Waals surface area contributed by atoms with Gasteiger partial charge in [0.2, 0.25) is 10.0 Å². The Balaban J connectivity index is 2.23. The number of aryl methyl sites for hydroxylation is 1. The third-order valence-corrected chi connectivity index (χ3v) is 4.88. The smallest absolute Gasteiger partial charge is 0.246 e. The van der Waals surface area contributed by atoms with Crippen molar-refractivity contribution in [3.05, 3.63) is 11.9 Å². The normalized spacial score (nSPS) is 20.1. The van der Waals surface area contributed by atoms with E-state index in [9.17, 15) is 8.42 Å². The van der Waals surface area contributed by atoms with Gasteiger partial charge in [-0.25, -0.2) is 8.42 Å². The maximum Gasteiger partial charge on any atom is 0.246 e. The molecule has 1 fully saturated rings. The fourth-order valence-corrected chi connectivity index (χ4v) is 3.31. The molecule has 0 aliphatic carbocycles. The van der Waals surface area contributed by atoms with Crippen molar-refractivity contribution in [1.29, 1.82) is 0 Å². The maximum absolute atomic E-state index is 12.2. The summed E-state index contributed by atoms with van der Waals surface area (Å²) in [5, 5.41) is 6.41. The predicted molar refractivity (Wildman–Crippen MR) is 59.6 cm³/mol. The van der Waals surface area contributed by atoms with Crippen molar-refractivity contribution in [1.82, 2.24) is 19.4 Å². The zero-order valence-corrected chi connectivity index (χ0v) is 10.3. The molecule has 0 amide bonds. The van der Waals surface area contributed by atoms with E-state index >= 15 is 0 Å². The van der Waals surface area contributed by atoms with Crippen LogP contribution in [0.1, 0.15) is 5.69 Å². The Bertz CT molecular complexity index is 460. The third-order valence-electron chi connectivity index (χ3n) is 2.86. The highest BCUT2D eigenvalue weighted by atomic mass is 32.2. The largest absolute Gasteiger partial charge is 0.304 e. The second-order valence-electron chi connectivity index (χ2n) is 4.07. The number of hydrogen-bond acceptors (Lipinski definition) is 4. The van der Waals surface area contributed by atoms with Crippen molar-refractivity contribution >= 4 is 10.0 Å². The molecule has 1 aromatic rings. The summed E-state index contributed by atoms with van der Waals surface area (Å²) in [5.74, 6) is 0. The highest BCUT2D eigenvalue weighted by molar-refractivity contribution is 7.89. The van der Waals surface area contributed by atoms with Crippen LogP contribution in [0.25, 0.3) is 0 Å². The highest BCUT2D eigenvalue weighted by Crippen LogP contribution is 2.18. The maximum atomic E-state index is 12.2. The Morgan fingerprint density at radius 1 is 1.31 bits per heavy atom. The molecule has 0 saturated carbocycles. The molecule has 1 N–H and O–H groups in total. The Morgan fingerprint density at radius 3 is 2.44 bits per heavy atom. The molecule has 1 aliphatic heterocycles. The van der Waals surface area contributed by atoms with Gasteiger partial charge in [-0.05, 0) is 14.0 Å². The lowest BCUT2D eigenvalue weighted by Crippen LogP contribution is -2.47. The first-order valence-corrected chi connectivity index (χ1v) is 6.64. The molecule has 0 aromatic carbocycles. The Labute approximate surface area is 95.3 Å². The highest BCUT2D eigenvalue weighted by Gasteiger charge is 2.29. The fraction of sp³-hybridized carbons (Fsp3) is 0.667. The van der Waals surface area contributed by atoms with Gasteiger partial charge >= 0.3 is 0 Å². The average Bonchev–Trinajstić information content (AvgIpc) is 2.66. The van der Waals surface area contributed by atoms with Crippen LogP contribution in [0.5, 0.6) is 0 Å². The SMILES string of the molecule is Cc1[nH]ncc1S(=O)(=O)N1CCN(C)CC1. The van der Waals surface area contributed by atoms with E-state index in [4.69, 9.17) is 0 Å². The van der Waals surface area contributed by atoms with Crippen molar-refractivity contribution in [3.8, 4) is 0 Å². The number of nitrogens with zero attached hydrogens (tertiary/aromatic N) is 3. The van der Waals surface area contributed by atoms with Crippen molar-refractivity contribution < 1.29 is 8.42 Å². The van der Waals surface area contributed by atoms with Crippen LogP contribution in [0.15, 0.2) is 11.1 Å². The Morgan fingerprint density at radius 2 is 1.94 bits per heavy atom. The number of aromatic amines is 1. The van der Waals surface area contributed by atoms with E-state index in [0.717, 1.165) is 13.1 Å². The molecule has 0 bridgehead atoms. The van der Waals surface area contributed by atoms with Crippen molar-refractivity contribution in [2.45, 2.75) is 11.8 Å². The number of rotatable bonds is 2. The van der Waals surface area contributed by atoms with E-state index in [1.165, 1.54) is 10.5 Å². The standard InChI is InChI=1S/C9H16N4O2S/c1-8-9(7-10-11-8)16(14,15)13-5-3-12(2)4-6-13/h7H,3-6H2,1-2H3,(H,10,11). The van der Waals surface area contributed by atoms with Gasteiger partial charge in [-0.2, -0.15) is 9.40 Å². The zero-order chi connectivity index (χ0) is 11.8. The Kier molecular flexibility index (Phi) is 3.00. The van der Waals surface area contributed by atoms with E-state index in [-0.39, 0.29) is 4.90 Å². The molecule has 2 heterocycles. The van der Waals surface area contributed by atoms with Crippen LogP contribution in [0, 0.1) is 6.92 Å². The summed E-state index contributed by atoms with van der Waals surface area (Å²) >= 11 is 0. The fourth-order valence-electron chi connectivity index (χ4n) is 1.77. The number of sulfonamides is 1. The molecule has 0 unspecified atom stereocenters. The summed E-state index contributed by atoms with van der Waals surface area (Å²) in [6.45, 7) is 4.36. The van der Waals surface area contributed by atoms with Gasteiger partial charge in [0.1, 0.15) is 4.90 Å². The van der Waals surface area contributed by atoms with Crippen LogP contribution < -0.4 is 0 Å². The van der Waals surface area contributed by atoms with Crippen LogP contribution in [-0.4, -0.2) is 61.0 Å². The van der Waals surface area contributed by atoms with Gasteiger partial charge in [-0.3, -0.25) is 5.10 Å². The first-order valence-electron chi connectivity index (χ1n) is 5.20. The quantitative estimate of drug-likeness (QED) is 0.772. The number of piperazine rings is 1. The summed E-state index contributed by atoms with van der Waals surface area (Å²) in [6, 6.07) is 0. The van der Waals surface area contributed by atoms with Crippen molar-refractivity contribution in [2.75, 3.05) is 33.2 Å². The van der Waals surface area contributed by atoms with Crippen molar-refractivity contribution in [2.24, 2.45) is 0 Å². The summed E-state index contributed by atoms with van der Waals surface area (Å²) < 4.78 is 26.0. The van der Waals surface area contributed by atoms with E-state index < -0.39 is 10.0 Å². The number of H-pyrrole nitrogens is 1. The zero-order valence-electron chi connectivity index (χ0n) is 9.47. The van der Waals surface area contributed by atoms with Gasteiger partial charge in [0.15, 0.2) is 0 Å². The van der Waals surface area contributed by atoms with Gasteiger partial charge in [0.25, 0.3) is 0 Å². The molecular formula is C9H16N4O2S. The van der Waals surface area contributed by atoms with Crippen LogP contribution in [0.2, 0.25) is 0 Å². The lowest BCUT2D eigenvalue weighted by molar-refractivity contribution is 0.222. The molecule has 1 aromatic heterocycles. The van der Waals surface area contributed by atoms with Crippen LogP contribution in [-0.2, 0) is 10.0 Å². The monoisotopic (exact) mass is 244 g/mol. The van der Waals surface area contributed by atoms with Crippen LogP contribution in [0.3, 0.4) is 0 Å². The molecule has 16 heavy (non-hydrogen) atoms. The average molecular weight is 244 g/mol. The lowest BCUT2D eigenvalue weighted by Gasteiger charge is -2.31. The van der Waals surface area contributed by atoms with E-state index in [1.807, 2.05) is 7.05 Å². The van der Waals surface area contributed by atoms with E-state index in [0.29, 0.717) is 18.8 Å². The second kappa shape index (κ2) is 4.15. The van der Waals surface area contributed by atoms with Gasteiger partial charge in [-0.1, -0.05) is 0 Å². The first-order chi connectivity index (χ1) is 7.51. The van der Waals surface area contributed by atoms with Gasteiger partial charge in [-0.15, -0.1) is 0 Å². The molecule has 1 aliphatic rings. The number of aromatic nitrogens is 2. The van der Waals surface area contributed by atoms with Crippen LogP contribution in [0.4, 0.5) is 0 Å². The molecule has 90 valence electrons. The molecular weight excluding hydrogens is 228 g/mol. The van der Waals surface area contributed by atoms with Crippen LogP contribution >= 0.6 is 0 Å². The van der Waals surface area contributed by atoms with E-state index in [1.54, 1.807) is 6.92 Å². The van der Waals surface area contributed by atoms with E-state index in [2.05, 4.69) is 15.1 Å². The first kappa shape index (κ1) is 11.6. The summed E-state index contributed by atoms with van der Waals surface area (Å²) in [5.41, 5.74) is 0.596. The topological polar surface area (TPSA) is 69.3 Å². The minimum absolute atomic E-state index is 0.289. The molecule has 0 spiro atoms. The number of likely N-dealkylation sites (N-methyl/N-ethyl adjacent to an activating group) is 1. The second-order valence-corrected chi connectivity index (χ2v) is 5.97. The number of hydrogen-bond donors (Lipinski definition) is 1. The molecule has 7 heteroatoms. The predicted octanol–water partition coefficient (Wildman–Crippen LogP) is -0.346. The van der Waals surface area contributed by atoms with Gasteiger partial charge < -0.3 is 4.90 Å². The summed E-state index contributed by atoms with van der Waals surface area (Å²) in [6.07, 6.45) is 1.38. The molecule has 0 atom stereocenters. The molecule has 2 rings (SSSR count).